The van der Waals surface area contributed by atoms with Crippen molar-refractivity contribution in [2.24, 2.45) is 0 Å². The molecule has 0 bridgehead atoms. The second-order valence-electron chi connectivity index (χ2n) is 4.69. The Bertz CT molecular complexity index is 617. The van der Waals surface area contributed by atoms with Crippen molar-refractivity contribution in [3.05, 3.63) is 12.7 Å². The van der Waals surface area contributed by atoms with Crippen molar-refractivity contribution in [3.8, 4) is 0 Å². The number of imidazole rings is 1. The molecule has 3 heterocycles. The van der Waals surface area contributed by atoms with Gasteiger partial charge in [-0.15, -0.1) is 0 Å². The lowest BCUT2D eigenvalue weighted by atomic mass is 10.1. The number of anilines is 1. The number of hydrogen-bond acceptors (Lipinski definition) is 8. The van der Waals surface area contributed by atoms with E-state index in [2.05, 4.69) is 20.3 Å². The third-order valence-corrected chi connectivity index (χ3v) is 3.40. The number of hydrogen-bond donors (Lipinski definition) is 4. The second-order valence-corrected chi connectivity index (χ2v) is 4.69. The van der Waals surface area contributed by atoms with E-state index in [1.54, 1.807) is 11.6 Å². The van der Waals surface area contributed by atoms with Crippen LogP contribution in [0.1, 0.15) is 6.23 Å². The molecule has 0 saturated carbocycles. The average molecular weight is 280 g/mol. The highest BCUT2D eigenvalue weighted by Crippen LogP contribution is 2.31. The fourth-order valence-electron chi connectivity index (χ4n) is 2.39. The van der Waals surface area contributed by atoms with Gasteiger partial charge in [0.1, 0.15) is 30.2 Å². The molecule has 1 aliphatic rings. The third-order valence-electron chi connectivity index (χ3n) is 3.40. The van der Waals surface area contributed by atoms with Crippen LogP contribution in [0.4, 0.5) is 5.82 Å². The van der Waals surface area contributed by atoms with E-state index >= 15 is 0 Å². The number of aromatic nitrogens is 4. The quantitative estimate of drug-likeness (QED) is 0.520. The van der Waals surface area contributed by atoms with Gasteiger partial charge >= 0.3 is 0 Å². The van der Waals surface area contributed by atoms with Gasteiger partial charge in [0.05, 0.1) is 6.33 Å². The van der Waals surface area contributed by atoms with Crippen LogP contribution in [0.25, 0.3) is 11.2 Å². The molecular formula is C11H16N6O3. The van der Waals surface area contributed by atoms with Crippen molar-refractivity contribution in [3.63, 3.8) is 0 Å². The molecule has 1 aliphatic heterocycles. The summed E-state index contributed by atoms with van der Waals surface area (Å²) in [4.78, 5) is 12.1. The maximum absolute atomic E-state index is 10.1. The smallest absolute Gasteiger partial charge is 0.167 e. The van der Waals surface area contributed by atoms with Crippen LogP contribution >= 0.6 is 0 Å². The average Bonchev–Trinajstić information content (AvgIpc) is 2.97. The molecular weight excluding hydrogens is 264 g/mol. The maximum atomic E-state index is 10.1. The molecule has 5 N–H and O–H groups in total. The molecule has 1 fully saturated rings. The molecule has 0 amide bonds. The highest BCUT2D eigenvalue weighted by atomic mass is 16.6. The second kappa shape index (κ2) is 4.94. The molecule has 0 radical (unpaired) electrons. The van der Waals surface area contributed by atoms with Crippen LogP contribution in [0.3, 0.4) is 0 Å². The van der Waals surface area contributed by atoms with Crippen molar-refractivity contribution >= 4 is 17.0 Å². The van der Waals surface area contributed by atoms with Gasteiger partial charge in [0, 0.05) is 6.54 Å². The molecule has 108 valence electrons. The fraction of sp³-hybridized carbons (Fsp3) is 0.545. The van der Waals surface area contributed by atoms with Crippen molar-refractivity contribution in [2.45, 2.75) is 24.5 Å². The van der Waals surface area contributed by atoms with Crippen LogP contribution in [-0.4, -0.2) is 61.6 Å². The van der Waals surface area contributed by atoms with Crippen LogP contribution in [0.15, 0.2) is 12.7 Å². The van der Waals surface area contributed by atoms with Crippen LogP contribution < -0.4 is 11.1 Å². The van der Waals surface area contributed by atoms with Gasteiger partial charge in [-0.3, -0.25) is 4.57 Å². The number of nitrogens with one attached hydrogen (secondary N) is 1. The first-order valence-corrected chi connectivity index (χ1v) is 6.22. The number of nitrogen functional groups attached to an aromatic ring is 1. The molecule has 9 nitrogen and oxygen atoms in total. The lowest BCUT2D eigenvalue weighted by Gasteiger charge is -2.16. The van der Waals surface area contributed by atoms with E-state index < -0.39 is 24.5 Å². The highest BCUT2D eigenvalue weighted by Gasteiger charge is 2.43. The SMILES string of the molecule is CNC[C@H]1OC(n2cnc3c(N)ncnc32)[C@H](O)[C@@H]1O. The third kappa shape index (κ3) is 1.91. The fourth-order valence-corrected chi connectivity index (χ4v) is 2.39. The molecule has 20 heavy (non-hydrogen) atoms. The Morgan fingerprint density at radius 3 is 2.90 bits per heavy atom. The van der Waals surface area contributed by atoms with Crippen molar-refractivity contribution in [2.75, 3.05) is 19.3 Å². The number of likely N-dealkylation sites (N-methyl/N-ethyl adjacent to an activating group) is 1. The minimum absolute atomic E-state index is 0.258. The minimum Gasteiger partial charge on any atom is -0.387 e. The minimum atomic E-state index is -1.07. The number of ether oxygens (including phenoxy) is 1. The summed E-state index contributed by atoms with van der Waals surface area (Å²) in [6.07, 6.45) is -0.526. The molecule has 0 aromatic carbocycles. The Balaban J connectivity index is 1.97. The lowest BCUT2D eigenvalue weighted by molar-refractivity contribution is -0.0337. The number of rotatable bonds is 3. The van der Waals surface area contributed by atoms with Gasteiger partial charge in [0.15, 0.2) is 17.7 Å². The normalized spacial score (nSPS) is 30.1. The van der Waals surface area contributed by atoms with Crippen LogP contribution in [-0.2, 0) is 4.74 Å². The van der Waals surface area contributed by atoms with Gasteiger partial charge in [-0.1, -0.05) is 0 Å². The van der Waals surface area contributed by atoms with Crippen LogP contribution in [0.5, 0.6) is 0 Å². The van der Waals surface area contributed by atoms with E-state index in [-0.39, 0.29) is 5.82 Å². The van der Waals surface area contributed by atoms with E-state index in [4.69, 9.17) is 10.5 Å². The number of nitrogens with two attached hydrogens (primary N) is 1. The van der Waals surface area contributed by atoms with E-state index in [9.17, 15) is 10.2 Å². The van der Waals surface area contributed by atoms with E-state index in [1.807, 2.05) is 0 Å². The zero-order valence-electron chi connectivity index (χ0n) is 10.8. The number of aliphatic hydroxyl groups excluding tert-OH is 2. The first-order valence-electron chi connectivity index (χ1n) is 6.22. The molecule has 0 spiro atoms. The number of nitrogens with zero attached hydrogens (tertiary/aromatic N) is 4. The van der Waals surface area contributed by atoms with Crippen molar-refractivity contribution < 1.29 is 14.9 Å². The predicted octanol–water partition coefficient (Wildman–Crippen LogP) is -1.75. The predicted molar refractivity (Wildman–Crippen MR) is 69.6 cm³/mol. The largest absolute Gasteiger partial charge is 0.387 e. The Morgan fingerprint density at radius 2 is 2.15 bits per heavy atom. The van der Waals surface area contributed by atoms with Crippen molar-refractivity contribution in [1.29, 1.82) is 0 Å². The Kier molecular flexibility index (Phi) is 3.26. The Labute approximate surface area is 114 Å². The van der Waals surface area contributed by atoms with Gasteiger partial charge in [0.2, 0.25) is 0 Å². The lowest BCUT2D eigenvalue weighted by Crippen LogP contribution is -2.36. The highest BCUT2D eigenvalue weighted by molar-refractivity contribution is 5.81. The Hall–Kier alpha value is -1.81. The van der Waals surface area contributed by atoms with Crippen LogP contribution in [0.2, 0.25) is 0 Å². The molecule has 0 aliphatic carbocycles. The first kappa shape index (κ1) is 13.2. The monoisotopic (exact) mass is 280 g/mol. The first-order chi connectivity index (χ1) is 9.63. The summed E-state index contributed by atoms with van der Waals surface area (Å²) in [5.74, 6) is 0.258. The van der Waals surface area contributed by atoms with Crippen molar-refractivity contribution in [1.82, 2.24) is 24.8 Å². The maximum Gasteiger partial charge on any atom is 0.167 e. The molecule has 1 unspecified atom stereocenters. The standard InChI is InChI=1S/C11H16N6O3/c1-13-2-5-7(18)8(19)11(20-5)17-4-16-6-9(12)14-3-15-10(6)17/h3-5,7-8,11,13,18-19H,2H2,1H3,(H2,12,14,15)/t5-,7-,8-,11?/m1/s1. The summed E-state index contributed by atoms with van der Waals surface area (Å²) in [6.45, 7) is 0.429. The molecule has 9 heteroatoms. The molecule has 2 aromatic rings. The van der Waals surface area contributed by atoms with Gasteiger partial charge < -0.3 is 26.0 Å². The van der Waals surface area contributed by atoms with E-state index in [0.29, 0.717) is 17.7 Å². The number of aliphatic hydroxyl groups is 2. The van der Waals surface area contributed by atoms with Gasteiger partial charge in [0.25, 0.3) is 0 Å². The van der Waals surface area contributed by atoms with Gasteiger partial charge in [-0.25, -0.2) is 15.0 Å². The number of fused-ring (bicyclic) bond motifs is 1. The van der Waals surface area contributed by atoms with E-state index in [0.717, 1.165) is 0 Å². The van der Waals surface area contributed by atoms with Gasteiger partial charge in [-0.2, -0.15) is 0 Å². The summed E-state index contributed by atoms with van der Waals surface area (Å²) in [6, 6.07) is 0. The van der Waals surface area contributed by atoms with E-state index in [1.165, 1.54) is 12.7 Å². The van der Waals surface area contributed by atoms with Gasteiger partial charge in [-0.05, 0) is 7.05 Å². The molecule has 3 rings (SSSR count). The summed E-state index contributed by atoms with van der Waals surface area (Å²) >= 11 is 0. The van der Waals surface area contributed by atoms with Crippen LogP contribution in [0, 0.1) is 0 Å². The summed E-state index contributed by atoms with van der Waals surface area (Å²) in [5.41, 5.74) is 6.61. The molecule has 2 aromatic heterocycles. The summed E-state index contributed by atoms with van der Waals surface area (Å²) in [5, 5.41) is 23.0. The topological polar surface area (TPSA) is 131 Å². The zero-order chi connectivity index (χ0) is 14.3. The summed E-state index contributed by atoms with van der Waals surface area (Å²) < 4.78 is 7.23. The molecule has 4 atom stereocenters. The Morgan fingerprint density at radius 1 is 1.35 bits per heavy atom. The summed E-state index contributed by atoms with van der Waals surface area (Å²) in [7, 11) is 1.75. The molecule has 1 saturated heterocycles. The zero-order valence-corrected chi connectivity index (χ0v) is 10.8.